The van der Waals surface area contributed by atoms with Gasteiger partial charge in [-0.2, -0.15) is 0 Å². The van der Waals surface area contributed by atoms with E-state index in [0.717, 1.165) is 6.54 Å². The van der Waals surface area contributed by atoms with Crippen molar-refractivity contribution in [2.75, 3.05) is 26.8 Å². The van der Waals surface area contributed by atoms with E-state index in [9.17, 15) is 4.91 Å². The Kier molecular flexibility index (Phi) is 2.01. The summed E-state index contributed by atoms with van der Waals surface area (Å²) in [6, 6.07) is 0. The maximum absolute atomic E-state index is 10.3. The van der Waals surface area contributed by atoms with Gasteiger partial charge in [-0.15, -0.1) is 4.91 Å². The average molecular weight is 144 g/mol. The third-order valence-corrected chi connectivity index (χ3v) is 1.97. The van der Waals surface area contributed by atoms with E-state index in [-0.39, 0.29) is 0 Å². The van der Waals surface area contributed by atoms with Crippen LogP contribution < -0.4 is 0 Å². The van der Waals surface area contributed by atoms with Crippen LogP contribution in [0.3, 0.4) is 0 Å². The predicted octanol–water partition coefficient (Wildman–Crippen LogP) is 0.431. The molecule has 1 unspecified atom stereocenters. The van der Waals surface area contributed by atoms with E-state index in [1.165, 1.54) is 0 Å². The minimum absolute atomic E-state index is 0.410. The first-order chi connectivity index (χ1) is 4.69. The highest BCUT2D eigenvalue weighted by molar-refractivity contribution is 4.83. The van der Waals surface area contributed by atoms with Crippen LogP contribution >= 0.6 is 0 Å². The van der Waals surface area contributed by atoms with E-state index in [1.807, 2.05) is 11.9 Å². The minimum atomic E-state index is -0.641. The number of hydrogen-bond acceptors (Lipinski definition) is 4. The molecule has 0 radical (unpaired) electrons. The van der Waals surface area contributed by atoms with E-state index >= 15 is 0 Å². The molecule has 0 aromatic rings. The number of nitroso groups, excluding NO2 is 1. The van der Waals surface area contributed by atoms with Crippen molar-refractivity contribution in [1.82, 2.24) is 4.90 Å². The molecule has 1 aliphatic rings. The molecule has 0 aromatic heterocycles. The van der Waals surface area contributed by atoms with Gasteiger partial charge in [-0.3, -0.25) is 4.90 Å². The summed E-state index contributed by atoms with van der Waals surface area (Å²) in [7, 11) is 1.88. The predicted molar refractivity (Wildman–Crippen MR) is 37.6 cm³/mol. The quantitative estimate of drug-likeness (QED) is 0.501. The first-order valence-electron chi connectivity index (χ1n) is 3.32. The molecule has 1 fully saturated rings. The highest BCUT2D eigenvalue weighted by atomic mass is 16.5. The number of morpholine rings is 1. The molecule has 0 aromatic carbocycles. The monoisotopic (exact) mass is 144 g/mol. The van der Waals surface area contributed by atoms with E-state index in [2.05, 4.69) is 5.18 Å². The third-order valence-electron chi connectivity index (χ3n) is 1.97. The highest BCUT2D eigenvalue weighted by Crippen LogP contribution is 2.18. The van der Waals surface area contributed by atoms with Gasteiger partial charge < -0.3 is 4.74 Å². The summed E-state index contributed by atoms with van der Waals surface area (Å²) < 4.78 is 5.11. The summed E-state index contributed by atoms with van der Waals surface area (Å²) in [6.45, 7) is 3.66. The van der Waals surface area contributed by atoms with Crippen LogP contribution in [0.4, 0.5) is 0 Å². The van der Waals surface area contributed by atoms with Crippen LogP contribution in [0.15, 0.2) is 5.18 Å². The van der Waals surface area contributed by atoms with Crippen molar-refractivity contribution in [2.24, 2.45) is 5.18 Å². The van der Waals surface area contributed by atoms with Crippen LogP contribution in [0.2, 0.25) is 0 Å². The molecule has 1 atom stereocenters. The SMILES string of the molecule is CN1CCOCC1(C)N=O. The Morgan fingerprint density at radius 1 is 1.70 bits per heavy atom. The van der Waals surface area contributed by atoms with Crippen molar-refractivity contribution in [1.29, 1.82) is 0 Å². The summed E-state index contributed by atoms with van der Waals surface area (Å²) in [5, 5.41) is 3.01. The van der Waals surface area contributed by atoms with Gasteiger partial charge in [0, 0.05) is 6.54 Å². The van der Waals surface area contributed by atoms with Crippen molar-refractivity contribution in [3.8, 4) is 0 Å². The molecule has 1 rings (SSSR count). The topological polar surface area (TPSA) is 41.9 Å². The molecule has 0 bridgehead atoms. The number of hydrogen-bond donors (Lipinski definition) is 0. The Balaban J connectivity index is 2.62. The zero-order valence-electron chi connectivity index (χ0n) is 6.33. The molecule has 4 heteroatoms. The zero-order chi connectivity index (χ0) is 7.61. The Labute approximate surface area is 60.1 Å². The second-order valence-electron chi connectivity index (χ2n) is 2.78. The number of rotatable bonds is 1. The Bertz CT molecular complexity index is 140. The molecule has 58 valence electrons. The zero-order valence-corrected chi connectivity index (χ0v) is 6.33. The summed E-state index contributed by atoms with van der Waals surface area (Å²) in [5.74, 6) is 0. The summed E-state index contributed by atoms with van der Waals surface area (Å²) in [6.07, 6.45) is 0. The lowest BCUT2D eigenvalue weighted by atomic mass is 10.2. The molecule has 10 heavy (non-hydrogen) atoms. The lowest BCUT2D eigenvalue weighted by Crippen LogP contribution is -2.51. The summed E-state index contributed by atoms with van der Waals surface area (Å²) in [4.78, 5) is 12.2. The van der Waals surface area contributed by atoms with Crippen molar-refractivity contribution < 1.29 is 4.74 Å². The van der Waals surface area contributed by atoms with Crippen LogP contribution in [0.1, 0.15) is 6.92 Å². The smallest absolute Gasteiger partial charge is 0.175 e. The molecule has 0 N–H and O–H groups in total. The van der Waals surface area contributed by atoms with E-state index < -0.39 is 5.66 Å². The third kappa shape index (κ3) is 1.17. The van der Waals surface area contributed by atoms with Crippen molar-refractivity contribution >= 4 is 0 Å². The lowest BCUT2D eigenvalue weighted by Gasteiger charge is -2.35. The fourth-order valence-corrected chi connectivity index (χ4v) is 0.914. The van der Waals surface area contributed by atoms with Crippen molar-refractivity contribution in [2.45, 2.75) is 12.6 Å². The Morgan fingerprint density at radius 2 is 2.40 bits per heavy atom. The molecule has 4 nitrogen and oxygen atoms in total. The molecule has 0 saturated carbocycles. The molecule has 1 aliphatic heterocycles. The lowest BCUT2D eigenvalue weighted by molar-refractivity contribution is -0.0429. The van der Waals surface area contributed by atoms with Crippen LogP contribution in [0, 0.1) is 4.91 Å². The van der Waals surface area contributed by atoms with Gasteiger partial charge in [0.2, 0.25) is 0 Å². The first-order valence-corrected chi connectivity index (χ1v) is 3.32. The summed E-state index contributed by atoms with van der Waals surface area (Å²) >= 11 is 0. The molecule has 1 saturated heterocycles. The van der Waals surface area contributed by atoms with Crippen LogP contribution in [-0.4, -0.2) is 37.4 Å². The van der Waals surface area contributed by atoms with Crippen molar-refractivity contribution in [3.63, 3.8) is 0 Å². The van der Waals surface area contributed by atoms with Gasteiger partial charge in [0.25, 0.3) is 0 Å². The average Bonchev–Trinajstić information content (AvgIpc) is 1.96. The van der Waals surface area contributed by atoms with E-state index in [0.29, 0.717) is 13.2 Å². The van der Waals surface area contributed by atoms with Gasteiger partial charge in [-0.1, -0.05) is 0 Å². The number of ether oxygens (including phenoxy) is 1. The van der Waals surface area contributed by atoms with E-state index in [1.54, 1.807) is 6.92 Å². The fourth-order valence-electron chi connectivity index (χ4n) is 0.914. The second kappa shape index (κ2) is 2.64. The molecule has 1 heterocycles. The minimum Gasteiger partial charge on any atom is -0.376 e. The van der Waals surface area contributed by atoms with Crippen LogP contribution in [0.25, 0.3) is 0 Å². The molecular weight excluding hydrogens is 132 g/mol. The Hall–Kier alpha value is -0.480. The van der Waals surface area contributed by atoms with Gasteiger partial charge in [-0.25, -0.2) is 0 Å². The van der Waals surface area contributed by atoms with E-state index in [4.69, 9.17) is 4.74 Å². The maximum atomic E-state index is 10.3. The van der Waals surface area contributed by atoms with Gasteiger partial charge in [-0.05, 0) is 19.1 Å². The van der Waals surface area contributed by atoms with Crippen LogP contribution in [-0.2, 0) is 4.74 Å². The molecule has 0 amide bonds. The number of nitrogens with zero attached hydrogens (tertiary/aromatic N) is 2. The van der Waals surface area contributed by atoms with Gasteiger partial charge in [0.15, 0.2) is 5.66 Å². The maximum Gasteiger partial charge on any atom is 0.175 e. The largest absolute Gasteiger partial charge is 0.376 e. The standard InChI is InChI=1S/C6H12N2O2/c1-6(7-9)5-10-4-3-8(6)2/h3-5H2,1-2H3. The van der Waals surface area contributed by atoms with Crippen LogP contribution in [0.5, 0.6) is 0 Å². The molecular formula is C6H12N2O2. The first kappa shape index (κ1) is 7.63. The molecule has 0 aliphatic carbocycles. The van der Waals surface area contributed by atoms with Crippen molar-refractivity contribution in [3.05, 3.63) is 4.91 Å². The normalized spacial score (nSPS) is 35.8. The Morgan fingerprint density at radius 3 is 2.80 bits per heavy atom. The summed E-state index contributed by atoms with van der Waals surface area (Å²) in [5.41, 5.74) is -0.641. The number of likely N-dealkylation sites (N-methyl/N-ethyl adjacent to an activating group) is 1. The fraction of sp³-hybridized carbons (Fsp3) is 1.00. The van der Waals surface area contributed by atoms with Gasteiger partial charge in [0.1, 0.15) is 0 Å². The molecule has 0 spiro atoms. The highest BCUT2D eigenvalue weighted by Gasteiger charge is 2.33. The second-order valence-corrected chi connectivity index (χ2v) is 2.78. The van der Waals surface area contributed by atoms with Gasteiger partial charge >= 0.3 is 0 Å². The van der Waals surface area contributed by atoms with Gasteiger partial charge in [0.05, 0.1) is 13.2 Å².